The van der Waals surface area contributed by atoms with Gasteiger partial charge < -0.3 is 10.1 Å². The van der Waals surface area contributed by atoms with Crippen LogP contribution in [0.25, 0.3) is 0 Å². The summed E-state index contributed by atoms with van der Waals surface area (Å²) in [5, 5.41) is 3.01. The van der Waals surface area contributed by atoms with Gasteiger partial charge in [-0.25, -0.2) is 13.2 Å². The quantitative estimate of drug-likeness (QED) is 0.518. The van der Waals surface area contributed by atoms with E-state index in [1.165, 1.54) is 25.3 Å². The van der Waals surface area contributed by atoms with Crippen molar-refractivity contribution in [1.82, 2.24) is 0 Å². The van der Waals surface area contributed by atoms with Crippen molar-refractivity contribution in [2.24, 2.45) is 0 Å². The summed E-state index contributed by atoms with van der Waals surface area (Å²) in [6, 6.07) is 18.9. The third-order valence-corrected chi connectivity index (χ3v) is 6.88. The molecule has 0 saturated carbocycles. The molecule has 0 aliphatic rings. The number of nitrogens with zero attached hydrogens (tertiary/aromatic N) is 1. The summed E-state index contributed by atoms with van der Waals surface area (Å²) < 4.78 is 32.5. The van der Waals surface area contributed by atoms with E-state index in [1.807, 2.05) is 0 Å². The largest absolute Gasteiger partial charge is 0.465 e. The topological polar surface area (TPSA) is 92.8 Å². The Balaban J connectivity index is 1.95. The molecule has 3 aromatic carbocycles. The van der Waals surface area contributed by atoms with Crippen LogP contribution in [-0.4, -0.2) is 33.9 Å². The molecule has 0 radical (unpaired) electrons. The van der Waals surface area contributed by atoms with Crippen molar-refractivity contribution in [3.05, 3.63) is 88.9 Å². The molecule has 0 saturated heterocycles. The van der Waals surface area contributed by atoms with E-state index in [0.29, 0.717) is 22.0 Å². The van der Waals surface area contributed by atoms with Gasteiger partial charge in [0, 0.05) is 10.7 Å². The van der Waals surface area contributed by atoms with Gasteiger partial charge in [-0.3, -0.25) is 9.10 Å². The summed E-state index contributed by atoms with van der Waals surface area (Å²) in [4.78, 5) is 24.6. The van der Waals surface area contributed by atoms with E-state index in [4.69, 9.17) is 11.6 Å². The number of esters is 1. The van der Waals surface area contributed by atoms with Gasteiger partial charge in [0.25, 0.3) is 10.0 Å². The molecule has 0 unspecified atom stereocenters. The van der Waals surface area contributed by atoms with Gasteiger partial charge in [-0.2, -0.15) is 0 Å². The highest BCUT2D eigenvalue weighted by Crippen LogP contribution is 2.30. The van der Waals surface area contributed by atoms with E-state index in [2.05, 4.69) is 10.1 Å². The maximum atomic E-state index is 13.4. The zero-order chi connectivity index (χ0) is 23.3. The third kappa shape index (κ3) is 5.09. The third-order valence-electron chi connectivity index (χ3n) is 4.69. The summed E-state index contributed by atoms with van der Waals surface area (Å²) in [5.74, 6) is -1.14. The Morgan fingerprint density at radius 1 is 1.00 bits per heavy atom. The second kappa shape index (κ2) is 9.84. The maximum absolute atomic E-state index is 13.4. The summed E-state index contributed by atoms with van der Waals surface area (Å²) in [6.45, 7) is 1.18. The zero-order valence-electron chi connectivity index (χ0n) is 17.4. The fraction of sp³-hybridized carbons (Fsp3) is 0.130. The predicted octanol–water partition coefficient (Wildman–Crippen LogP) is 4.27. The minimum absolute atomic E-state index is 0.0415. The van der Waals surface area contributed by atoms with Crippen molar-refractivity contribution >= 4 is 44.9 Å². The molecule has 3 aromatic rings. The molecule has 9 heteroatoms. The molecule has 0 aromatic heterocycles. The molecule has 0 aliphatic carbocycles. The number of hydrogen-bond donors (Lipinski definition) is 1. The maximum Gasteiger partial charge on any atom is 0.337 e. The van der Waals surface area contributed by atoms with Crippen LogP contribution >= 0.6 is 11.6 Å². The van der Waals surface area contributed by atoms with Crippen LogP contribution in [0, 0.1) is 6.92 Å². The van der Waals surface area contributed by atoms with Crippen molar-refractivity contribution in [2.75, 3.05) is 23.3 Å². The van der Waals surface area contributed by atoms with Crippen molar-refractivity contribution in [1.29, 1.82) is 0 Å². The number of sulfonamides is 1. The summed E-state index contributed by atoms with van der Waals surface area (Å²) in [5.41, 5.74) is 1.40. The van der Waals surface area contributed by atoms with E-state index >= 15 is 0 Å². The molecular formula is C23H21ClN2O5S. The Morgan fingerprint density at radius 2 is 1.69 bits per heavy atom. The van der Waals surface area contributed by atoms with Crippen molar-refractivity contribution in [3.63, 3.8) is 0 Å². The molecule has 0 atom stereocenters. The first-order chi connectivity index (χ1) is 15.2. The van der Waals surface area contributed by atoms with Crippen LogP contribution in [0.3, 0.4) is 0 Å². The lowest BCUT2D eigenvalue weighted by molar-refractivity contribution is -0.114. The number of carbonyl (C=O) groups excluding carboxylic acids is 2. The molecule has 32 heavy (non-hydrogen) atoms. The highest BCUT2D eigenvalue weighted by Gasteiger charge is 2.28. The number of amides is 1. The molecule has 1 amide bonds. The number of halogens is 1. The van der Waals surface area contributed by atoms with Gasteiger partial charge in [-0.05, 0) is 55.0 Å². The van der Waals surface area contributed by atoms with Crippen molar-refractivity contribution in [3.8, 4) is 0 Å². The molecule has 0 fully saturated rings. The van der Waals surface area contributed by atoms with Crippen molar-refractivity contribution < 1.29 is 22.7 Å². The Bertz CT molecular complexity index is 1250. The minimum Gasteiger partial charge on any atom is -0.465 e. The smallest absolute Gasteiger partial charge is 0.337 e. The fourth-order valence-corrected chi connectivity index (χ4v) is 4.73. The number of ether oxygens (including phenoxy) is 1. The van der Waals surface area contributed by atoms with Gasteiger partial charge in [0.05, 0.1) is 23.3 Å². The number of carbonyl (C=O) groups is 2. The molecule has 0 aliphatic heterocycles. The number of benzene rings is 3. The van der Waals surface area contributed by atoms with Crippen LogP contribution in [0.5, 0.6) is 0 Å². The minimum atomic E-state index is -4.07. The SMILES string of the molecule is COC(=O)c1cccc(NC(=O)CN(c2cccc(Cl)c2C)S(=O)(=O)c2ccccc2)c1. The number of hydrogen-bond acceptors (Lipinski definition) is 5. The summed E-state index contributed by atoms with van der Waals surface area (Å²) >= 11 is 6.22. The van der Waals surface area contributed by atoms with Crippen LogP contribution in [0.1, 0.15) is 15.9 Å². The first kappa shape index (κ1) is 23.3. The van der Waals surface area contributed by atoms with Crippen LogP contribution in [0.2, 0.25) is 5.02 Å². The highest BCUT2D eigenvalue weighted by molar-refractivity contribution is 7.92. The standard InChI is InChI=1S/C23H21ClN2O5S/c1-16-20(24)12-7-13-21(16)26(32(29,30)19-10-4-3-5-11-19)15-22(27)25-18-9-6-8-17(14-18)23(28)31-2/h3-14H,15H2,1-2H3,(H,25,27). The number of methoxy groups -OCH3 is 1. The predicted molar refractivity (Wildman–Crippen MR) is 124 cm³/mol. The molecule has 166 valence electrons. The van der Waals surface area contributed by atoms with E-state index in [0.717, 1.165) is 4.31 Å². The normalized spacial score (nSPS) is 11.0. The van der Waals surface area contributed by atoms with Crippen LogP contribution in [0.4, 0.5) is 11.4 Å². The lowest BCUT2D eigenvalue weighted by Gasteiger charge is -2.26. The Hall–Kier alpha value is -3.36. The van der Waals surface area contributed by atoms with E-state index < -0.39 is 28.4 Å². The van der Waals surface area contributed by atoms with E-state index in [9.17, 15) is 18.0 Å². The number of nitrogens with one attached hydrogen (secondary N) is 1. The van der Waals surface area contributed by atoms with E-state index in [1.54, 1.807) is 61.5 Å². The number of rotatable bonds is 7. The lowest BCUT2D eigenvalue weighted by atomic mass is 10.2. The average Bonchev–Trinajstić information content (AvgIpc) is 2.79. The molecule has 3 rings (SSSR count). The molecule has 0 heterocycles. The summed E-state index contributed by atoms with van der Waals surface area (Å²) in [7, 11) is -2.81. The molecule has 0 bridgehead atoms. The Kier molecular flexibility index (Phi) is 7.17. The molecular weight excluding hydrogens is 452 g/mol. The van der Waals surface area contributed by atoms with E-state index in [-0.39, 0.29) is 10.5 Å². The van der Waals surface area contributed by atoms with Crippen LogP contribution < -0.4 is 9.62 Å². The monoisotopic (exact) mass is 472 g/mol. The first-order valence-corrected chi connectivity index (χ1v) is 11.4. The van der Waals surface area contributed by atoms with Crippen LogP contribution in [0.15, 0.2) is 77.7 Å². The van der Waals surface area contributed by atoms with Gasteiger partial charge in [0.15, 0.2) is 0 Å². The molecule has 7 nitrogen and oxygen atoms in total. The first-order valence-electron chi connectivity index (χ1n) is 9.55. The Morgan fingerprint density at radius 3 is 2.38 bits per heavy atom. The van der Waals surface area contributed by atoms with Gasteiger partial charge in [-0.15, -0.1) is 0 Å². The second-order valence-electron chi connectivity index (χ2n) is 6.83. The fourth-order valence-electron chi connectivity index (χ4n) is 3.06. The van der Waals surface area contributed by atoms with Gasteiger partial charge in [-0.1, -0.05) is 41.9 Å². The van der Waals surface area contributed by atoms with Gasteiger partial charge in [0.1, 0.15) is 6.54 Å². The lowest BCUT2D eigenvalue weighted by Crippen LogP contribution is -2.38. The van der Waals surface area contributed by atoms with Gasteiger partial charge in [0.2, 0.25) is 5.91 Å². The average molecular weight is 473 g/mol. The highest BCUT2D eigenvalue weighted by atomic mass is 35.5. The zero-order valence-corrected chi connectivity index (χ0v) is 19.0. The molecule has 1 N–H and O–H groups in total. The molecule has 0 spiro atoms. The summed E-state index contributed by atoms with van der Waals surface area (Å²) in [6.07, 6.45) is 0. The number of anilines is 2. The second-order valence-corrected chi connectivity index (χ2v) is 9.10. The Labute approximate surface area is 191 Å². The van der Waals surface area contributed by atoms with Crippen molar-refractivity contribution in [2.45, 2.75) is 11.8 Å². The van der Waals surface area contributed by atoms with Crippen LogP contribution in [-0.2, 0) is 19.6 Å². The van der Waals surface area contributed by atoms with Gasteiger partial charge >= 0.3 is 5.97 Å².